The molecule has 0 radical (unpaired) electrons. The van der Waals surface area contributed by atoms with Gasteiger partial charge < -0.3 is 4.74 Å². The second-order valence-corrected chi connectivity index (χ2v) is 3.34. The minimum Gasteiger partial charge on any atom is -0.486 e. The molecular formula is C13H9FN2O. The van der Waals surface area contributed by atoms with E-state index in [-0.39, 0.29) is 12.4 Å². The van der Waals surface area contributed by atoms with Crippen molar-refractivity contribution in [2.45, 2.75) is 6.61 Å². The Morgan fingerprint density at radius 2 is 2.06 bits per heavy atom. The number of nitrogens with zero attached hydrogens (tertiary/aromatic N) is 2. The average Bonchev–Trinajstić information content (AvgIpc) is 2.38. The smallest absolute Gasteiger partial charge is 0.165 e. The summed E-state index contributed by atoms with van der Waals surface area (Å²) in [6.07, 6.45) is 1.53. The Bertz CT molecular complexity index is 563. The van der Waals surface area contributed by atoms with E-state index in [0.29, 0.717) is 11.3 Å². The van der Waals surface area contributed by atoms with Gasteiger partial charge in [-0.05, 0) is 18.2 Å². The number of para-hydroxylation sites is 1. The molecule has 0 aliphatic rings. The molecule has 1 heterocycles. The normalized spacial score (nSPS) is 9.65. The molecule has 3 nitrogen and oxygen atoms in total. The lowest BCUT2D eigenvalue weighted by Crippen LogP contribution is -2.00. The van der Waals surface area contributed by atoms with Gasteiger partial charge in [0, 0.05) is 11.8 Å². The van der Waals surface area contributed by atoms with Crippen LogP contribution in [0.2, 0.25) is 0 Å². The van der Waals surface area contributed by atoms with Crippen molar-refractivity contribution in [3.8, 4) is 11.8 Å². The molecule has 0 aliphatic heterocycles. The molecule has 0 bridgehead atoms. The summed E-state index contributed by atoms with van der Waals surface area (Å²) in [5.41, 5.74) is 0.932. The van der Waals surface area contributed by atoms with Gasteiger partial charge in [0.25, 0.3) is 0 Å². The lowest BCUT2D eigenvalue weighted by atomic mass is 10.2. The number of aromatic nitrogens is 1. The number of ether oxygens (including phenoxy) is 1. The monoisotopic (exact) mass is 228 g/mol. The van der Waals surface area contributed by atoms with Crippen LogP contribution < -0.4 is 4.74 Å². The van der Waals surface area contributed by atoms with Crippen LogP contribution in [-0.2, 0) is 6.61 Å². The van der Waals surface area contributed by atoms with Crippen LogP contribution >= 0.6 is 0 Å². The van der Waals surface area contributed by atoms with E-state index in [9.17, 15) is 4.39 Å². The summed E-state index contributed by atoms with van der Waals surface area (Å²) < 4.78 is 18.6. The molecule has 0 fully saturated rings. The van der Waals surface area contributed by atoms with Crippen molar-refractivity contribution >= 4 is 0 Å². The maximum absolute atomic E-state index is 13.3. The maximum Gasteiger partial charge on any atom is 0.165 e. The van der Waals surface area contributed by atoms with Gasteiger partial charge in [0.2, 0.25) is 0 Å². The number of benzene rings is 1. The number of hydrogen-bond acceptors (Lipinski definition) is 3. The lowest BCUT2D eigenvalue weighted by Gasteiger charge is -2.07. The van der Waals surface area contributed by atoms with Gasteiger partial charge in [0.05, 0.1) is 0 Å². The highest BCUT2D eigenvalue weighted by molar-refractivity contribution is 5.31. The predicted molar refractivity (Wildman–Crippen MR) is 59.7 cm³/mol. The summed E-state index contributed by atoms with van der Waals surface area (Å²) in [5.74, 6) is -0.254. The standard InChI is InChI=1S/C13H9FN2O/c14-11-5-1-2-6-13(11)17-9-10-4-3-7-16-12(10)8-15/h1-7H,9H2. The highest BCUT2D eigenvalue weighted by Gasteiger charge is 2.05. The molecular weight excluding hydrogens is 219 g/mol. The van der Waals surface area contributed by atoms with E-state index >= 15 is 0 Å². The minimum absolute atomic E-state index is 0.123. The molecule has 2 rings (SSSR count). The van der Waals surface area contributed by atoms with Crippen molar-refractivity contribution in [1.82, 2.24) is 4.98 Å². The van der Waals surface area contributed by atoms with Crippen molar-refractivity contribution in [2.75, 3.05) is 0 Å². The Morgan fingerprint density at radius 3 is 2.82 bits per heavy atom. The van der Waals surface area contributed by atoms with Crippen LogP contribution in [0.3, 0.4) is 0 Å². The van der Waals surface area contributed by atoms with Crippen molar-refractivity contribution < 1.29 is 9.13 Å². The van der Waals surface area contributed by atoms with Crippen molar-refractivity contribution in [3.63, 3.8) is 0 Å². The minimum atomic E-state index is -0.421. The van der Waals surface area contributed by atoms with Crippen LogP contribution in [0.1, 0.15) is 11.3 Å². The predicted octanol–water partition coefficient (Wildman–Crippen LogP) is 2.67. The molecule has 4 heteroatoms. The van der Waals surface area contributed by atoms with E-state index in [4.69, 9.17) is 10.00 Å². The topological polar surface area (TPSA) is 45.9 Å². The zero-order chi connectivity index (χ0) is 12.1. The Hall–Kier alpha value is -2.41. The maximum atomic E-state index is 13.3. The van der Waals surface area contributed by atoms with Crippen molar-refractivity contribution in [2.24, 2.45) is 0 Å². The van der Waals surface area contributed by atoms with Gasteiger partial charge in [-0.3, -0.25) is 0 Å². The third kappa shape index (κ3) is 2.58. The van der Waals surface area contributed by atoms with Crippen LogP contribution in [0.25, 0.3) is 0 Å². The van der Waals surface area contributed by atoms with E-state index in [0.717, 1.165) is 0 Å². The van der Waals surface area contributed by atoms with Crippen LogP contribution in [0.15, 0.2) is 42.6 Å². The summed E-state index contributed by atoms with van der Waals surface area (Å²) >= 11 is 0. The summed E-state index contributed by atoms with van der Waals surface area (Å²) in [7, 11) is 0. The van der Waals surface area contributed by atoms with Crippen molar-refractivity contribution in [1.29, 1.82) is 5.26 Å². The van der Waals surface area contributed by atoms with E-state index in [1.807, 2.05) is 6.07 Å². The van der Waals surface area contributed by atoms with Crippen LogP contribution in [0, 0.1) is 17.1 Å². The summed E-state index contributed by atoms with van der Waals surface area (Å²) in [4.78, 5) is 3.90. The zero-order valence-electron chi connectivity index (χ0n) is 8.93. The molecule has 0 saturated carbocycles. The third-order valence-electron chi connectivity index (χ3n) is 2.22. The van der Waals surface area contributed by atoms with Crippen LogP contribution in [0.5, 0.6) is 5.75 Å². The van der Waals surface area contributed by atoms with Gasteiger partial charge in [0.15, 0.2) is 11.6 Å². The lowest BCUT2D eigenvalue weighted by molar-refractivity contribution is 0.289. The van der Waals surface area contributed by atoms with Gasteiger partial charge in [-0.1, -0.05) is 18.2 Å². The highest BCUT2D eigenvalue weighted by atomic mass is 19.1. The SMILES string of the molecule is N#Cc1ncccc1COc1ccccc1F. The van der Waals surface area contributed by atoms with Gasteiger partial charge in [-0.2, -0.15) is 5.26 Å². The van der Waals surface area contributed by atoms with E-state index < -0.39 is 5.82 Å². The van der Waals surface area contributed by atoms with Crippen LogP contribution in [0.4, 0.5) is 4.39 Å². The fourth-order valence-corrected chi connectivity index (χ4v) is 1.37. The fourth-order valence-electron chi connectivity index (χ4n) is 1.37. The first-order valence-corrected chi connectivity index (χ1v) is 5.02. The van der Waals surface area contributed by atoms with E-state index in [1.165, 1.54) is 18.3 Å². The second-order valence-electron chi connectivity index (χ2n) is 3.34. The molecule has 1 aromatic heterocycles. The van der Waals surface area contributed by atoms with Gasteiger partial charge >= 0.3 is 0 Å². The van der Waals surface area contributed by atoms with Gasteiger partial charge in [0.1, 0.15) is 18.4 Å². The number of nitriles is 1. The van der Waals surface area contributed by atoms with E-state index in [2.05, 4.69) is 4.98 Å². The Labute approximate surface area is 98.1 Å². The molecule has 84 valence electrons. The summed E-state index contributed by atoms with van der Waals surface area (Å²) in [5, 5.41) is 8.83. The molecule has 17 heavy (non-hydrogen) atoms. The molecule has 0 unspecified atom stereocenters. The molecule has 0 aliphatic carbocycles. The van der Waals surface area contributed by atoms with Crippen LogP contribution in [-0.4, -0.2) is 4.98 Å². The largest absolute Gasteiger partial charge is 0.486 e. The van der Waals surface area contributed by atoms with Gasteiger partial charge in [-0.25, -0.2) is 9.37 Å². The summed E-state index contributed by atoms with van der Waals surface area (Å²) in [6, 6.07) is 11.5. The fraction of sp³-hybridized carbons (Fsp3) is 0.0769. The molecule has 0 N–H and O–H groups in total. The zero-order valence-corrected chi connectivity index (χ0v) is 8.93. The number of pyridine rings is 1. The Kier molecular flexibility index (Phi) is 3.31. The first-order chi connectivity index (χ1) is 8.31. The third-order valence-corrected chi connectivity index (χ3v) is 2.22. The Balaban J connectivity index is 2.13. The number of hydrogen-bond donors (Lipinski definition) is 0. The molecule has 0 saturated heterocycles. The summed E-state index contributed by atoms with van der Waals surface area (Å²) in [6.45, 7) is 0.123. The highest BCUT2D eigenvalue weighted by Crippen LogP contribution is 2.17. The number of rotatable bonds is 3. The average molecular weight is 228 g/mol. The number of halogens is 1. The molecule has 0 atom stereocenters. The molecule has 2 aromatic rings. The van der Waals surface area contributed by atoms with Crippen molar-refractivity contribution in [3.05, 3.63) is 59.7 Å². The first-order valence-electron chi connectivity index (χ1n) is 5.02. The first kappa shape index (κ1) is 11.1. The second kappa shape index (κ2) is 5.08. The molecule has 1 aromatic carbocycles. The molecule has 0 spiro atoms. The molecule has 0 amide bonds. The van der Waals surface area contributed by atoms with Gasteiger partial charge in [-0.15, -0.1) is 0 Å². The Morgan fingerprint density at radius 1 is 1.24 bits per heavy atom. The van der Waals surface area contributed by atoms with E-state index in [1.54, 1.807) is 24.3 Å². The quantitative estimate of drug-likeness (QED) is 0.811.